The second-order valence-electron chi connectivity index (χ2n) is 20.5. The van der Waals surface area contributed by atoms with E-state index in [-0.39, 0.29) is 0 Å². The maximum atomic E-state index is 10.0. The quantitative estimate of drug-likeness (QED) is 0.141. The third-order valence-electron chi connectivity index (χ3n) is 16.2. The van der Waals surface area contributed by atoms with Crippen LogP contribution in [0.2, 0.25) is 0 Å². The van der Waals surface area contributed by atoms with Crippen LogP contribution < -0.4 is 9.80 Å². The molecule has 370 valence electrons. The molecule has 0 spiro atoms. The number of nitriles is 2. The minimum absolute atomic E-state index is 0.577. The second-order valence-corrected chi connectivity index (χ2v) is 20.5. The van der Waals surface area contributed by atoms with E-state index < -0.39 is 0 Å². The Balaban J connectivity index is 0.949. The van der Waals surface area contributed by atoms with Gasteiger partial charge in [-0.15, -0.1) is 0 Å². The van der Waals surface area contributed by atoms with Gasteiger partial charge in [-0.2, -0.15) is 10.5 Å². The molecule has 16 rings (SSSR count). The monoisotopic (exact) mass is 1020 g/mol. The predicted octanol–water partition coefficient (Wildman–Crippen LogP) is 20.7. The summed E-state index contributed by atoms with van der Waals surface area (Å²) in [6.07, 6.45) is 0. The molecular weight excluding hydrogens is 977 g/mol. The van der Waals surface area contributed by atoms with Crippen LogP contribution in [0.15, 0.2) is 264 Å². The van der Waals surface area contributed by atoms with Crippen LogP contribution in [0.5, 0.6) is 0 Å². The zero-order valence-corrected chi connectivity index (χ0v) is 42.9. The van der Waals surface area contributed by atoms with Crippen LogP contribution in [0.4, 0.5) is 34.1 Å². The summed E-state index contributed by atoms with van der Waals surface area (Å²) in [6.45, 7) is 0. The summed E-state index contributed by atoms with van der Waals surface area (Å²) in [4.78, 5) is 4.59. The van der Waals surface area contributed by atoms with Crippen molar-refractivity contribution >= 4 is 132 Å². The maximum absolute atomic E-state index is 10.0. The van der Waals surface area contributed by atoms with Crippen molar-refractivity contribution in [3.8, 4) is 34.4 Å². The number of fused-ring (bicyclic) bond motifs is 10. The minimum Gasteiger partial charge on any atom is -0.453 e. The molecule has 0 amide bonds. The highest BCUT2D eigenvalue weighted by Gasteiger charge is 2.28. The fourth-order valence-electron chi connectivity index (χ4n) is 12.6. The summed E-state index contributed by atoms with van der Waals surface area (Å²) in [5, 5.41) is 35.3. The zero-order chi connectivity index (χ0) is 53.0. The Morgan fingerprint density at radius 3 is 1.09 bits per heavy atom. The zero-order valence-electron chi connectivity index (χ0n) is 42.9. The topological polar surface area (TPSA) is 80.3 Å². The third-order valence-corrected chi connectivity index (χ3v) is 16.2. The molecule has 0 atom stereocenters. The molecule has 0 N–H and O–H groups in total. The summed E-state index contributed by atoms with van der Waals surface area (Å²) in [6, 6.07) is 93.6. The highest BCUT2D eigenvalue weighted by molar-refractivity contribution is 6.30. The van der Waals surface area contributed by atoms with Crippen molar-refractivity contribution in [2.24, 2.45) is 0 Å². The van der Waals surface area contributed by atoms with E-state index in [1.165, 1.54) is 0 Å². The van der Waals surface area contributed by atoms with Crippen molar-refractivity contribution in [1.82, 2.24) is 0 Å². The molecule has 16 aromatic rings. The lowest BCUT2D eigenvalue weighted by atomic mass is 9.91. The van der Waals surface area contributed by atoms with Gasteiger partial charge in [-0.05, 0) is 139 Å². The molecule has 0 fully saturated rings. The third kappa shape index (κ3) is 6.77. The van der Waals surface area contributed by atoms with Gasteiger partial charge in [-0.25, -0.2) is 0 Å². The lowest BCUT2D eigenvalue weighted by Crippen LogP contribution is -2.12. The number of furan rings is 2. The number of anilines is 6. The van der Waals surface area contributed by atoms with E-state index in [4.69, 9.17) is 8.83 Å². The highest BCUT2D eigenvalue weighted by atomic mass is 16.3. The molecule has 0 unspecified atom stereocenters. The maximum Gasteiger partial charge on any atom is 0.159 e. The molecular formula is C74H42N4O2. The first-order valence-corrected chi connectivity index (χ1v) is 26.8. The number of para-hydroxylation sites is 2. The van der Waals surface area contributed by atoms with Gasteiger partial charge >= 0.3 is 0 Å². The van der Waals surface area contributed by atoms with Crippen molar-refractivity contribution in [2.75, 3.05) is 9.80 Å². The molecule has 14 aromatic carbocycles. The van der Waals surface area contributed by atoms with Crippen LogP contribution in [-0.2, 0) is 0 Å². The highest BCUT2D eigenvalue weighted by Crippen LogP contribution is 2.52. The first-order valence-electron chi connectivity index (χ1n) is 26.8. The summed E-state index contributed by atoms with van der Waals surface area (Å²) < 4.78 is 14.6. The Morgan fingerprint density at radius 2 is 0.662 bits per heavy atom. The average Bonchev–Trinajstić information content (AvgIpc) is 4.29. The van der Waals surface area contributed by atoms with E-state index in [0.29, 0.717) is 11.1 Å². The molecule has 0 aliphatic heterocycles. The van der Waals surface area contributed by atoms with Crippen LogP contribution in [0.1, 0.15) is 11.1 Å². The van der Waals surface area contributed by atoms with Crippen LogP contribution in [0, 0.1) is 22.7 Å². The summed E-state index contributed by atoms with van der Waals surface area (Å²) in [5.41, 5.74) is 14.0. The lowest BCUT2D eigenvalue weighted by molar-refractivity contribution is 0.670. The standard InChI is InChI=1S/C74H42N4O2/c75-43-45-25-33-53(34-26-45)77(65-23-11-21-59-69-55-19-9-7-17-51(55)41-61(73(69)79-71(59)65)47-13-3-1-4-14-47)63-39-31-49-30-38-58-64(40-32-50-29-37-57(63)67(49)68(50)58)78(54-35-27-46(44-76)28-36-54)66-24-12-22-60-70-56-20-10-8-18-52(56)42-62(74(70)80-72(60)66)48-15-5-2-6-16-48/h1-42H. The molecule has 0 bridgehead atoms. The van der Waals surface area contributed by atoms with Crippen molar-refractivity contribution in [2.45, 2.75) is 0 Å². The van der Waals surface area contributed by atoms with Gasteiger partial charge in [0.05, 0.1) is 46.0 Å². The first kappa shape index (κ1) is 45.1. The minimum atomic E-state index is 0.577. The van der Waals surface area contributed by atoms with Crippen molar-refractivity contribution < 1.29 is 8.83 Å². The Kier molecular flexibility index (Phi) is 9.96. The van der Waals surface area contributed by atoms with Crippen LogP contribution in [0.3, 0.4) is 0 Å². The molecule has 6 heteroatoms. The average molecular weight is 1020 g/mol. The van der Waals surface area contributed by atoms with Gasteiger partial charge in [0.15, 0.2) is 11.2 Å². The van der Waals surface area contributed by atoms with Gasteiger partial charge in [0.25, 0.3) is 0 Å². The van der Waals surface area contributed by atoms with Gasteiger partial charge in [-0.1, -0.05) is 170 Å². The fraction of sp³-hybridized carbons (Fsp3) is 0. The molecule has 6 nitrogen and oxygen atoms in total. The lowest BCUT2D eigenvalue weighted by Gasteiger charge is -2.29. The van der Waals surface area contributed by atoms with Gasteiger partial charge in [0, 0.05) is 54.8 Å². The van der Waals surface area contributed by atoms with Gasteiger partial charge in [0.1, 0.15) is 11.2 Å². The van der Waals surface area contributed by atoms with E-state index in [9.17, 15) is 10.5 Å². The van der Waals surface area contributed by atoms with E-state index in [0.717, 1.165) is 154 Å². The smallest absolute Gasteiger partial charge is 0.159 e. The molecule has 80 heavy (non-hydrogen) atoms. The Bertz CT molecular complexity index is 4930. The van der Waals surface area contributed by atoms with E-state index in [1.807, 2.05) is 60.7 Å². The molecule has 0 aliphatic carbocycles. The number of benzene rings is 14. The number of nitrogens with zero attached hydrogens (tertiary/aromatic N) is 4. The summed E-state index contributed by atoms with van der Waals surface area (Å²) in [5.74, 6) is 0. The second kappa shape index (κ2) is 17.7. The van der Waals surface area contributed by atoms with E-state index >= 15 is 0 Å². The largest absolute Gasteiger partial charge is 0.453 e. The fourth-order valence-corrected chi connectivity index (χ4v) is 12.6. The number of rotatable bonds is 8. The van der Waals surface area contributed by atoms with Crippen LogP contribution in [0.25, 0.3) is 120 Å². The Labute approximate surface area is 459 Å². The first-order chi connectivity index (χ1) is 39.6. The summed E-state index contributed by atoms with van der Waals surface area (Å²) in [7, 11) is 0. The molecule has 2 aromatic heterocycles. The Morgan fingerprint density at radius 1 is 0.275 bits per heavy atom. The number of hydrogen-bond acceptors (Lipinski definition) is 6. The van der Waals surface area contributed by atoms with Crippen molar-refractivity contribution in [3.05, 3.63) is 266 Å². The number of hydrogen-bond donors (Lipinski definition) is 0. The van der Waals surface area contributed by atoms with Crippen LogP contribution >= 0.6 is 0 Å². The summed E-state index contributed by atoms with van der Waals surface area (Å²) >= 11 is 0. The van der Waals surface area contributed by atoms with Crippen molar-refractivity contribution in [3.63, 3.8) is 0 Å². The van der Waals surface area contributed by atoms with E-state index in [1.54, 1.807) is 0 Å². The molecule has 0 saturated carbocycles. The molecule has 0 aliphatic rings. The van der Waals surface area contributed by atoms with Crippen molar-refractivity contribution in [1.29, 1.82) is 10.5 Å². The molecule has 0 saturated heterocycles. The van der Waals surface area contributed by atoms with Gasteiger partial charge in [-0.3, -0.25) is 0 Å². The van der Waals surface area contributed by atoms with Crippen LogP contribution in [-0.4, -0.2) is 0 Å². The normalized spacial score (nSPS) is 11.7. The molecule has 0 radical (unpaired) electrons. The molecule has 2 heterocycles. The SMILES string of the molecule is N#Cc1ccc(N(c2ccc3ccc4c(N(c5ccc(C#N)cc5)c5cccc6c5oc5c(-c7ccccc7)cc7ccccc7c56)ccc5ccc2c3c54)c2cccc3c2oc2c(-c4ccccc4)cc4ccccc4c23)cc1. The van der Waals surface area contributed by atoms with Gasteiger partial charge < -0.3 is 18.6 Å². The Hall–Kier alpha value is -11.2. The van der Waals surface area contributed by atoms with E-state index in [2.05, 4.69) is 216 Å². The van der Waals surface area contributed by atoms with Gasteiger partial charge in [0.2, 0.25) is 0 Å². The predicted molar refractivity (Wildman–Crippen MR) is 329 cm³/mol.